The molecule has 2 amide bonds. The number of likely N-dealkylation sites (tertiary alicyclic amines) is 1. The number of aliphatic imine (C=N–C) groups is 1. The molecule has 1 saturated heterocycles. The molecule has 30 heteroatoms. The summed E-state index contributed by atoms with van der Waals surface area (Å²) in [6.07, 6.45) is 4.54. The summed E-state index contributed by atoms with van der Waals surface area (Å²) in [5.41, 5.74) is 5.09. The highest BCUT2D eigenvalue weighted by Crippen LogP contribution is 2.45. The van der Waals surface area contributed by atoms with Crippen LogP contribution in [0.1, 0.15) is 70.9 Å². The Bertz CT molecular complexity index is 3570. The van der Waals surface area contributed by atoms with Gasteiger partial charge in [0.05, 0.1) is 22.4 Å². The molecule has 2 fully saturated rings. The van der Waals surface area contributed by atoms with Gasteiger partial charge in [-0.2, -0.15) is 0 Å². The summed E-state index contributed by atoms with van der Waals surface area (Å²) in [7, 11) is 25.4. The average molecular weight is 1320 g/mol. The lowest BCUT2D eigenvalue weighted by Crippen LogP contribution is -2.52. The molecule has 7 nitrogen and oxygen atoms in total. The fourth-order valence-electron chi connectivity index (χ4n) is 7.02. The Morgan fingerprint density at radius 3 is 1.32 bits per heavy atom. The van der Waals surface area contributed by atoms with E-state index in [1.54, 1.807) is 152 Å². The Labute approximate surface area is 472 Å². The van der Waals surface area contributed by atoms with Crippen molar-refractivity contribution < 1.29 is 35.9 Å². The molecule has 0 radical (unpaired) electrons. The molecule has 2 aliphatic rings. The van der Waals surface area contributed by atoms with Crippen molar-refractivity contribution in [3.8, 4) is 22.5 Å². The molecule has 6 aromatic rings. The van der Waals surface area contributed by atoms with Gasteiger partial charge in [-0.05, 0) is 116 Å². The van der Waals surface area contributed by atoms with E-state index in [0.717, 1.165) is 53.8 Å². The zero-order valence-corrected chi connectivity index (χ0v) is 50.3. The van der Waals surface area contributed by atoms with Crippen molar-refractivity contribution in [1.29, 1.82) is 0 Å². The first-order chi connectivity index (χ1) is 34.4. The van der Waals surface area contributed by atoms with Gasteiger partial charge >= 0.3 is 6.03 Å². The maximum absolute atomic E-state index is 14.3. The van der Waals surface area contributed by atoms with E-state index in [1.165, 1.54) is 60.2 Å². The molecule has 0 atom stereocenters. The molecule has 73 heavy (non-hydrogen) atoms. The summed E-state index contributed by atoms with van der Waals surface area (Å²) >= 11 is 9.48. The van der Waals surface area contributed by atoms with Gasteiger partial charge in [0.15, 0.2) is 0 Å². The van der Waals surface area contributed by atoms with E-state index in [4.69, 9.17) is 27.2 Å². The van der Waals surface area contributed by atoms with Crippen molar-refractivity contribution in [2.45, 2.75) is 59.8 Å². The minimum absolute atomic E-state index is 0. The van der Waals surface area contributed by atoms with E-state index in [0.29, 0.717) is 59.6 Å². The maximum atomic E-state index is 14.3. The van der Waals surface area contributed by atoms with Crippen LogP contribution in [0.3, 0.4) is 0 Å². The molecule has 0 spiro atoms. The Hall–Kier alpha value is -2.07. The first-order valence-electron chi connectivity index (χ1n) is 20.3. The standard InChI is InChI=1S/C20H18F3N3O.C18H14F3N.C3H5NO.2CH4.S17/c1-2-24-20(27)26-9-12(10-26)17-15-7-14(22)8-16(23)19(15)25-18(17)11-3-5-13(21)6-4-11;19-12-6-4-11(5-7-12)17-16(10-2-1-3-10)14-8-13(20)9-15(21)18(14)22-17;1-2-4-3-5;;;1-3-5-7-9-11-13-15-17-16-14-12-10-8-6-4-2/h3-8,12,25H,2,9-10H2,1H3,(H,24,27);4-10,22H,1-3H2;2H2,1H3;2*1H4;. The van der Waals surface area contributed by atoms with Crippen LogP contribution < -0.4 is 5.32 Å². The smallest absolute Gasteiger partial charge is 0.317 e. The predicted molar refractivity (Wildman–Crippen MR) is 335 cm³/mol. The van der Waals surface area contributed by atoms with Gasteiger partial charge in [-0.15, -0.1) is 0 Å². The second-order valence-corrected chi connectivity index (χ2v) is 40.6. The van der Waals surface area contributed by atoms with Crippen LogP contribution in [-0.4, -0.2) is 53.2 Å². The summed E-state index contributed by atoms with van der Waals surface area (Å²) < 4.78 is 82.3. The molecule has 3 N–H and O–H groups in total. The predicted octanol–water partition coefficient (Wildman–Crippen LogP) is 11.5. The van der Waals surface area contributed by atoms with Crippen molar-refractivity contribution >= 4 is 190 Å². The van der Waals surface area contributed by atoms with E-state index in [2.05, 4.69) is 20.3 Å². The zero-order valence-electron chi connectivity index (χ0n) is 36.5. The van der Waals surface area contributed by atoms with E-state index >= 15 is 0 Å². The minimum atomic E-state index is -0.681. The van der Waals surface area contributed by atoms with Gasteiger partial charge < -0.3 is 20.2 Å². The second kappa shape index (κ2) is 35.4. The van der Waals surface area contributed by atoms with Crippen molar-refractivity contribution in [1.82, 2.24) is 20.2 Å². The van der Waals surface area contributed by atoms with Gasteiger partial charge in [-0.3, -0.25) is 0 Å². The number of nitrogens with one attached hydrogen (secondary N) is 3. The number of halogens is 6. The van der Waals surface area contributed by atoms with E-state index in [1.807, 2.05) is 6.92 Å². The van der Waals surface area contributed by atoms with Crippen LogP contribution >= 0.6 is 0 Å². The third kappa shape index (κ3) is 20.0. The number of hydrogen-bond acceptors (Lipinski definition) is 5. The molecule has 3 heterocycles. The number of urea groups is 1. The number of aromatic amines is 2. The number of hydrogen-bond donors (Lipinski definition) is 3. The third-order valence-electron chi connectivity index (χ3n) is 10.0. The number of carbonyl (C=O) groups excluding carboxylic acids is 2. The first kappa shape index (κ1) is 65.2. The summed E-state index contributed by atoms with van der Waals surface area (Å²) in [5.74, 6) is -2.97. The molecule has 0 bridgehead atoms. The van der Waals surface area contributed by atoms with E-state index in [9.17, 15) is 31.1 Å². The number of isocyanates is 1. The van der Waals surface area contributed by atoms with Crippen LogP contribution in [0.5, 0.6) is 0 Å². The Morgan fingerprint density at radius 1 is 0.616 bits per heavy atom. The fourth-order valence-corrected chi connectivity index (χ4v) is 42.7. The van der Waals surface area contributed by atoms with Crippen molar-refractivity contribution in [2.75, 3.05) is 26.2 Å². The van der Waals surface area contributed by atoms with Crippen molar-refractivity contribution in [3.05, 3.63) is 119 Å². The molecule has 1 aliphatic heterocycles. The molecule has 1 aliphatic carbocycles. The average Bonchev–Trinajstić information content (AvgIpc) is 3.88. The van der Waals surface area contributed by atoms with Crippen LogP contribution in [0, 0.1) is 34.9 Å². The van der Waals surface area contributed by atoms with E-state index in [-0.39, 0.29) is 44.0 Å². The largest absolute Gasteiger partial charge is 0.352 e. The van der Waals surface area contributed by atoms with Gasteiger partial charge in [0.2, 0.25) is 6.08 Å². The lowest BCUT2D eigenvalue weighted by Gasteiger charge is -2.39. The van der Waals surface area contributed by atoms with Crippen LogP contribution in [-0.2, 0) is 160 Å². The minimum Gasteiger partial charge on any atom is -0.352 e. The number of carbonyl (C=O) groups is 1. The summed E-state index contributed by atoms with van der Waals surface area (Å²) in [6.45, 7) is 5.60. The Kier molecular flexibility index (Phi) is 31.6. The molecular formula is C43H45F6N5O2S17. The SMILES string of the molecule is C.C.CCN=C=O.CCNC(=O)N1CC(c2c(-c3ccc(F)cc3)[nH]c3c(F)cc(F)cc23)C1.Fc1ccc(-c2[nH]c3c(F)cc(F)cc3c2C2CCC2)cc1.S=S=S=S=S=S=S=S=S=S=S=S=S=S=S=S=S. The van der Waals surface area contributed by atoms with Gasteiger partial charge in [0.25, 0.3) is 0 Å². The van der Waals surface area contributed by atoms with Gasteiger partial charge in [0.1, 0.15) is 34.9 Å². The number of fused-ring (bicyclic) bond motifs is 2. The second-order valence-electron chi connectivity index (χ2n) is 14.1. The van der Waals surface area contributed by atoms with Gasteiger partial charge in [-0.25, -0.2) is 40.9 Å². The van der Waals surface area contributed by atoms with Crippen LogP contribution in [0.2, 0.25) is 0 Å². The lowest BCUT2D eigenvalue weighted by atomic mass is 9.78. The van der Waals surface area contributed by atoms with E-state index < -0.39 is 23.3 Å². The topological polar surface area (TPSA) is 93.3 Å². The normalized spacial score (nSPS) is 12.0. The molecule has 1 saturated carbocycles. The van der Waals surface area contributed by atoms with Crippen molar-refractivity contribution in [3.63, 3.8) is 0 Å². The number of nitrogens with zero attached hydrogens (tertiary/aromatic N) is 2. The van der Waals surface area contributed by atoms with Crippen molar-refractivity contribution in [2.24, 2.45) is 4.99 Å². The maximum Gasteiger partial charge on any atom is 0.317 e. The van der Waals surface area contributed by atoms with Gasteiger partial charge in [0, 0.05) is 211 Å². The Balaban J connectivity index is 0.000000279. The van der Waals surface area contributed by atoms with Gasteiger partial charge in [-0.1, -0.05) is 21.3 Å². The molecule has 4 aromatic carbocycles. The van der Waals surface area contributed by atoms with Crippen LogP contribution in [0.4, 0.5) is 31.1 Å². The highest BCUT2D eigenvalue weighted by molar-refractivity contribution is 8.77. The molecule has 2 aromatic heterocycles. The zero-order chi connectivity index (χ0) is 51.1. The number of amides is 2. The highest BCUT2D eigenvalue weighted by Gasteiger charge is 2.36. The Morgan fingerprint density at radius 2 is 1.00 bits per heavy atom. The quantitative estimate of drug-likeness (QED) is 0.0880. The van der Waals surface area contributed by atoms with Crippen LogP contribution in [0.25, 0.3) is 44.3 Å². The number of benzene rings is 4. The molecular weight excluding hydrogens is 1280 g/mol. The first-order valence-corrected chi connectivity index (χ1v) is 41.6. The summed E-state index contributed by atoms with van der Waals surface area (Å²) in [4.78, 5) is 32.0. The highest BCUT2D eigenvalue weighted by atomic mass is 33.5. The third-order valence-corrected chi connectivity index (χ3v) is 41.1. The number of H-pyrrole nitrogens is 2. The number of rotatable bonds is 6. The fraction of sp³-hybridized carbons (Fsp3) is 0.302. The number of aromatic nitrogens is 2. The summed E-state index contributed by atoms with van der Waals surface area (Å²) in [5, 5.41) is 3.79. The molecule has 8 rings (SSSR count). The monoisotopic (exact) mass is 1320 g/mol. The van der Waals surface area contributed by atoms with Crippen LogP contribution in [0.15, 0.2) is 77.8 Å². The summed E-state index contributed by atoms with van der Waals surface area (Å²) in [6, 6.07) is 16.2. The lowest BCUT2D eigenvalue weighted by molar-refractivity contribution is 0.152. The molecule has 398 valence electrons. The molecule has 0 unspecified atom stereocenters.